The highest BCUT2D eigenvalue weighted by Gasteiger charge is 2.30. The van der Waals surface area contributed by atoms with Crippen molar-refractivity contribution in [3.63, 3.8) is 0 Å². The zero-order valence-corrected chi connectivity index (χ0v) is 20.8. The number of carbonyl (C=O) groups excluding carboxylic acids is 2. The van der Waals surface area contributed by atoms with Gasteiger partial charge in [-0.05, 0) is 43.2 Å². The molecule has 1 atom stereocenters. The summed E-state index contributed by atoms with van der Waals surface area (Å²) in [6.07, 6.45) is 1.77. The molecule has 0 aromatic heterocycles. The number of halogens is 1. The first-order valence-electron chi connectivity index (χ1n) is 10.5. The Bertz CT molecular complexity index is 1060. The summed E-state index contributed by atoms with van der Waals surface area (Å²) in [4.78, 5) is 27.5. The van der Waals surface area contributed by atoms with Gasteiger partial charge in [0.1, 0.15) is 18.3 Å². The molecule has 2 aromatic rings. The summed E-state index contributed by atoms with van der Waals surface area (Å²) in [5.74, 6) is -0.531. The normalized spacial score (nSPS) is 12.0. The first kappa shape index (κ1) is 26.5. The zero-order chi connectivity index (χ0) is 24.6. The first-order valence-corrected chi connectivity index (χ1v) is 12.7. The minimum atomic E-state index is -3.83. The zero-order valence-electron chi connectivity index (χ0n) is 19.2. The number of nitrogens with one attached hydrogen (secondary N) is 1. The lowest BCUT2D eigenvalue weighted by Crippen LogP contribution is -2.51. The van der Waals surface area contributed by atoms with Crippen LogP contribution >= 0.6 is 11.6 Å². The molecule has 33 heavy (non-hydrogen) atoms. The molecule has 0 fully saturated rings. The van der Waals surface area contributed by atoms with Crippen LogP contribution in [0.4, 0.5) is 5.69 Å². The number of rotatable bonds is 11. The lowest BCUT2D eigenvalue weighted by Gasteiger charge is -2.31. The van der Waals surface area contributed by atoms with E-state index in [2.05, 4.69) is 5.32 Å². The van der Waals surface area contributed by atoms with Crippen molar-refractivity contribution in [2.75, 3.05) is 30.8 Å². The maximum absolute atomic E-state index is 13.4. The number of benzene rings is 2. The van der Waals surface area contributed by atoms with Gasteiger partial charge in [-0.25, -0.2) is 8.42 Å². The van der Waals surface area contributed by atoms with Crippen molar-refractivity contribution >= 4 is 39.1 Å². The molecule has 0 heterocycles. The number of hydrogen-bond donors (Lipinski definition) is 1. The second kappa shape index (κ2) is 11.9. The van der Waals surface area contributed by atoms with E-state index in [1.807, 2.05) is 6.92 Å². The molecule has 1 N–H and O–H groups in total. The highest BCUT2D eigenvalue weighted by Crippen LogP contribution is 2.29. The van der Waals surface area contributed by atoms with E-state index in [1.165, 1.54) is 12.0 Å². The van der Waals surface area contributed by atoms with E-state index in [-0.39, 0.29) is 18.1 Å². The fourth-order valence-corrected chi connectivity index (χ4v) is 4.17. The molecule has 2 rings (SSSR count). The Labute approximate surface area is 200 Å². The van der Waals surface area contributed by atoms with E-state index in [9.17, 15) is 18.0 Å². The summed E-state index contributed by atoms with van der Waals surface area (Å²) >= 11 is 5.97. The van der Waals surface area contributed by atoms with Crippen LogP contribution in [0.1, 0.15) is 25.8 Å². The third kappa shape index (κ3) is 7.36. The van der Waals surface area contributed by atoms with Crippen LogP contribution in [-0.4, -0.2) is 57.6 Å². The van der Waals surface area contributed by atoms with E-state index >= 15 is 0 Å². The van der Waals surface area contributed by atoms with Gasteiger partial charge in [-0.15, -0.1) is 0 Å². The molecule has 0 spiro atoms. The van der Waals surface area contributed by atoms with E-state index in [4.69, 9.17) is 16.3 Å². The van der Waals surface area contributed by atoms with E-state index in [0.717, 1.165) is 22.5 Å². The van der Waals surface area contributed by atoms with Gasteiger partial charge in [-0.1, -0.05) is 42.8 Å². The average molecular weight is 496 g/mol. The van der Waals surface area contributed by atoms with Crippen molar-refractivity contribution in [2.24, 2.45) is 0 Å². The van der Waals surface area contributed by atoms with Crippen molar-refractivity contribution in [1.29, 1.82) is 0 Å². The fourth-order valence-electron chi connectivity index (χ4n) is 3.20. The molecule has 8 nitrogen and oxygen atoms in total. The summed E-state index contributed by atoms with van der Waals surface area (Å²) in [5, 5.41) is 3.34. The Hall–Kier alpha value is -2.78. The van der Waals surface area contributed by atoms with Crippen molar-refractivity contribution in [3.8, 4) is 5.75 Å². The third-order valence-electron chi connectivity index (χ3n) is 5.02. The van der Waals surface area contributed by atoms with Crippen molar-refractivity contribution < 1.29 is 22.7 Å². The molecule has 0 aliphatic rings. The molecular weight excluding hydrogens is 466 g/mol. The van der Waals surface area contributed by atoms with E-state index in [1.54, 1.807) is 55.5 Å². The van der Waals surface area contributed by atoms with Gasteiger partial charge in [0.25, 0.3) is 0 Å². The molecule has 0 unspecified atom stereocenters. The molecule has 2 aromatic carbocycles. The van der Waals surface area contributed by atoms with Crippen LogP contribution in [0.25, 0.3) is 0 Å². The van der Waals surface area contributed by atoms with Crippen LogP contribution in [-0.2, 0) is 26.2 Å². The molecule has 0 radical (unpaired) electrons. The Morgan fingerprint density at radius 2 is 1.76 bits per heavy atom. The number of amides is 2. The predicted octanol–water partition coefficient (Wildman–Crippen LogP) is 3.06. The fraction of sp³-hybridized carbons (Fsp3) is 0.391. The highest BCUT2D eigenvalue weighted by molar-refractivity contribution is 7.92. The molecule has 0 saturated heterocycles. The number of carbonyl (C=O) groups is 2. The summed E-state index contributed by atoms with van der Waals surface area (Å²) in [5.41, 5.74) is 0.997. The Morgan fingerprint density at radius 3 is 2.33 bits per heavy atom. The Morgan fingerprint density at radius 1 is 1.12 bits per heavy atom. The van der Waals surface area contributed by atoms with Crippen LogP contribution in [0.5, 0.6) is 5.75 Å². The molecule has 180 valence electrons. The maximum atomic E-state index is 13.4. The van der Waals surface area contributed by atoms with Gasteiger partial charge in [0.15, 0.2) is 0 Å². The van der Waals surface area contributed by atoms with Gasteiger partial charge in [-0.2, -0.15) is 0 Å². The summed E-state index contributed by atoms with van der Waals surface area (Å²) in [7, 11) is -2.41. The lowest BCUT2D eigenvalue weighted by molar-refractivity contribution is -0.139. The standard InChI is InChI=1S/C23H30ClN3O5S/c1-5-14-25-23(29)17(2)26(15-18-10-12-19(24)13-11-18)22(28)16-27(33(4,30)31)20-8-6-7-9-21(20)32-3/h6-13,17H,5,14-16H2,1-4H3,(H,25,29)/t17-/m1/s1. The van der Waals surface area contributed by atoms with Crippen LogP contribution in [0, 0.1) is 0 Å². The van der Waals surface area contributed by atoms with Crippen LogP contribution in [0.3, 0.4) is 0 Å². The second-order valence-electron chi connectivity index (χ2n) is 7.56. The lowest BCUT2D eigenvalue weighted by atomic mass is 10.1. The van der Waals surface area contributed by atoms with Crippen molar-refractivity contribution in [3.05, 3.63) is 59.1 Å². The SMILES string of the molecule is CCCNC(=O)[C@@H](C)N(Cc1ccc(Cl)cc1)C(=O)CN(c1ccccc1OC)S(C)(=O)=O. The van der Waals surface area contributed by atoms with Gasteiger partial charge in [0.05, 0.1) is 19.1 Å². The molecule has 0 bridgehead atoms. The largest absolute Gasteiger partial charge is 0.495 e. The number of para-hydroxylation sites is 2. The molecule has 0 saturated carbocycles. The maximum Gasteiger partial charge on any atom is 0.244 e. The first-order chi connectivity index (χ1) is 15.6. The van der Waals surface area contributed by atoms with E-state index < -0.39 is 28.5 Å². The number of ether oxygens (including phenoxy) is 1. The molecule has 0 aliphatic carbocycles. The molecular formula is C23H30ClN3O5S. The minimum absolute atomic E-state index is 0.111. The van der Waals surface area contributed by atoms with Gasteiger partial charge in [0, 0.05) is 18.1 Å². The Balaban J connectivity index is 2.39. The highest BCUT2D eigenvalue weighted by atomic mass is 35.5. The van der Waals surface area contributed by atoms with Crippen LogP contribution in [0.15, 0.2) is 48.5 Å². The topological polar surface area (TPSA) is 96.0 Å². The van der Waals surface area contributed by atoms with Gasteiger partial charge >= 0.3 is 0 Å². The van der Waals surface area contributed by atoms with Crippen molar-refractivity contribution in [2.45, 2.75) is 32.9 Å². The summed E-state index contributed by atoms with van der Waals surface area (Å²) in [6.45, 7) is 3.65. The van der Waals surface area contributed by atoms with Crippen LogP contribution < -0.4 is 14.4 Å². The van der Waals surface area contributed by atoms with Gasteiger partial charge in [-0.3, -0.25) is 13.9 Å². The number of anilines is 1. The smallest absolute Gasteiger partial charge is 0.244 e. The second-order valence-corrected chi connectivity index (χ2v) is 9.90. The monoisotopic (exact) mass is 495 g/mol. The molecule has 0 aliphatic heterocycles. The Kier molecular flexibility index (Phi) is 9.55. The average Bonchev–Trinajstić information content (AvgIpc) is 2.79. The van der Waals surface area contributed by atoms with Gasteiger partial charge in [0.2, 0.25) is 21.8 Å². The number of nitrogens with zero attached hydrogens (tertiary/aromatic N) is 2. The van der Waals surface area contributed by atoms with E-state index in [0.29, 0.717) is 17.3 Å². The number of methoxy groups -OCH3 is 1. The third-order valence-corrected chi connectivity index (χ3v) is 6.39. The predicted molar refractivity (Wildman–Crippen MR) is 130 cm³/mol. The van der Waals surface area contributed by atoms with Crippen LogP contribution in [0.2, 0.25) is 5.02 Å². The van der Waals surface area contributed by atoms with Gasteiger partial charge < -0.3 is 15.0 Å². The summed E-state index contributed by atoms with van der Waals surface area (Å²) < 4.78 is 31.5. The molecule has 2 amide bonds. The number of sulfonamides is 1. The molecule has 10 heteroatoms. The quantitative estimate of drug-likeness (QED) is 0.517. The minimum Gasteiger partial charge on any atom is -0.495 e. The number of hydrogen-bond acceptors (Lipinski definition) is 5. The van der Waals surface area contributed by atoms with Crippen molar-refractivity contribution in [1.82, 2.24) is 10.2 Å². The summed E-state index contributed by atoms with van der Waals surface area (Å²) in [6, 6.07) is 12.6.